The summed E-state index contributed by atoms with van der Waals surface area (Å²) in [6, 6.07) is 0. The van der Waals surface area contributed by atoms with Crippen LogP contribution in [0.15, 0.2) is 0 Å². The Labute approximate surface area is 61.3 Å². The van der Waals surface area contributed by atoms with Crippen LogP contribution in [0, 0.1) is 5.92 Å². The number of aliphatic hydroxyl groups is 3. The van der Waals surface area contributed by atoms with E-state index in [9.17, 15) is 0 Å². The largest absolute Gasteiger partial charge is 0.391 e. The van der Waals surface area contributed by atoms with Crippen molar-refractivity contribution in [2.45, 2.75) is 39.1 Å². The Kier molecular flexibility index (Phi) is 3.86. The Bertz CT molecular complexity index is 78.9. The van der Waals surface area contributed by atoms with Crippen LogP contribution < -0.4 is 0 Å². The number of hydrogen-bond acceptors (Lipinski definition) is 3. The van der Waals surface area contributed by atoms with Gasteiger partial charge in [-0.15, -0.1) is 0 Å². The lowest BCUT2D eigenvalue weighted by Gasteiger charge is -2.22. The van der Waals surface area contributed by atoms with Crippen molar-refractivity contribution in [1.29, 1.82) is 0 Å². The lowest BCUT2D eigenvalue weighted by Crippen LogP contribution is -2.38. The normalized spacial score (nSPS) is 20.7. The summed E-state index contributed by atoms with van der Waals surface area (Å²) in [5, 5.41) is 27.1. The molecule has 0 rings (SSSR count). The molecule has 0 saturated heterocycles. The molecular weight excluding hydrogens is 132 g/mol. The van der Waals surface area contributed by atoms with Gasteiger partial charge in [-0.1, -0.05) is 13.8 Å². The monoisotopic (exact) mass is 148 g/mol. The summed E-state index contributed by atoms with van der Waals surface area (Å²) < 4.78 is 0. The lowest BCUT2D eigenvalue weighted by atomic mass is 9.99. The maximum Gasteiger partial charge on any atom is 0.106 e. The molecule has 0 aliphatic carbocycles. The van der Waals surface area contributed by atoms with E-state index in [1.165, 1.54) is 6.92 Å². The zero-order chi connectivity index (χ0) is 8.31. The molecule has 10 heavy (non-hydrogen) atoms. The molecule has 0 spiro atoms. The Balaban J connectivity index is 3.81. The second-order valence-electron chi connectivity index (χ2n) is 2.97. The van der Waals surface area contributed by atoms with Gasteiger partial charge in [0.05, 0.1) is 12.2 Å². The molecule has 0 bridgehead atoms. The quantitative estimate of drug-likeness (QED) is 0.517. The molecule has 0 saturated carbocycles. The average Bonchev–Trinajstić information content (AvgIpc) is 1.84. The predicted octanol–water partition coefficient (Wildman–Crippen LogP) is -0.255. The van der Waals surface area contributed by atoms with Gasteiger partial charge >= 0.3 is 0 Å². The van der Waals surface area contributed by atoms with Gasteiger partial charge in [0, 0.05) is 0 Å². The van der Waals surface area contributed by atoms with E-state index in [1.807, 2.05) is 0 Å². The first-order valence-corrected chi connectivity index (χ1v) is 3.51. The van der Waals surface area contributed by atoms with Gasteiger partial charge in [-0.2, -0.15) is 0 Å². The minimum Gasteiger partial charge on any atom is -0.391 e. The van der Waals surface area contributed by atoms with E-state index in [4.69, 9.17) is 15.3 Å². The van der Waals surface area contributed by atoms with Crippen molar-refractivity contribution in [2.24, 2.45) is 5.92 Å². The predicted molar refractivity (Wildman–Crippen MR) is 38.5 cm³/mol. The summed E-state index contributed by atoms with van der Waals surface area (Å²) in [7, 11) is 0. The molecule has 3 atom stereocenters. The lowest BCUT2D eigenvalue weighted by molar-refractivity contribution is -0.0688. The zero-order valence-electron chi connectivity index (χ0n) is 6.65. The third kappa shape index (κ3) is 2.64. The van der Waals surface area contributed by atoms with Crippen molar-refractivity contribution < 1.29 is 15.3 Å². The molecule has 0 fully saturated rings. The average molecular weight is 148 g/mol. The molecule has 3 heteroatoms. The maximum absolute atomic E-state index is 9.16. The molecule has 1 unspecified atom stereocenters. The summed E-state index contributed by atoms with van der Waals surface area (Å²) in [5.74, 6) is -0.0235. The Morgan fingerprint density at radius 3 is 1.30 bits per heavy atom. The molecule has 0 aliphatic heterocycles. The van der Waals surface area contributed by atoms with Gasteiger partial charge in [0.25, 0.3) is 0 Å². The van der Waals surface area contributed by atoms with Crippen LogP contribution in [0.2, 0.25) is 0 Å². The van der Waals surface area contributed by atoms with Crippen molar-refractivity contribution in [2.75, 3.05) is 0 Å². The first-order chi connectivity index (χ1) is 4.46. The maximum atomic E-state index is 9.16. The van der Waals surface area contributed by atoms with Gasteiger partial charge in [-0.25, -0.2) is 0 Å². The first-order valence-electron chi connectivity index (χ1n) is 3.51. The third-order valence-corrected chi connectivity index (χ3v) is 1.53. The number of rotatable bonds is 3. The van der Waals surface area contributed by atoms with Crippen LogP contribution in [0.4, 0.5) is 0 Å². The topological polar surface area (TPSA) is 60.7 Å². The minimum absolute atomic E-state index is 0.0235. The van der Waals surface area contributed by atoms with Gasteiger partial charge in [0.15, 0.2) is 0 Å². The van der Waals surface area contributed by atoms with Crippen molar-refractivity contribution in [3.05, 3.63) is 0 Å². The van der Waals surface area contributed by atoms with E-state index < -0.39 is 18.3 Å². The molecule has 0 heterocycles. The third-order valence-electron chi connectivity index (χ3n) is 1.53. The van der Waals surface area contributed by atoms with Gasteiger partial charge in [0.2, 0.25) is 0 Å². The van der Waals surface area contributed by atoms with Crippen LogP contribution in [-0.2, 0) is 0 Å². The van der Waals surface area contributed by atoms with Crippen LogP contribution in [0.25, 0.3) is 0 Å². The van der Waals surface area contributed by atoms with Crippen LogP contribution in [0.1, 0.15) is 20.8 Å². The molecule has 0 aromatic rings. The standard InChI is InChI=1S/C7H16O3/c1-4(2)6(9)7(10)5(3)8/h4-10H,1-3H3/t5?,6-,7-/m0/s1. The summed E-state index contributed by atoms with van der Waals surface area (Å²) in [4.78, 5) is 0. The van der Waals surface area contributed by atoms with Crippen molar-refractivity contribution >= 4 is 0 Å². The van der Waals surface area contributed by atoms with E-state index >= 15 is 0 Å². The fourth-order valence-corrected chi connectivity index (χ4v) is 0.680. The van der Waals surface area contributed by atoms with Gasteiger partial charge < -0.3 is 15.3 Å². The Morgan fingerprint density at radius 1 is 0.800 bits per heavy atom. The highest BCUT2D eigenvalue weighted by Gasteiger charge is 2.23. The number of aliphatic hydroxyl groups excluding tert-OH is 3. The van der Waals surface area contributed by atoms with E-state index in [1.54, 1.807) is 13.8 Å². The van der Waals surface area contributed by atoms with Gasteiger partial charge in [-0.05, 0) is 12.8 Å². The molecule has 62 valence electrons. The van der Waals surface area contributed by atoms with E-state index in [-0.39, 0.29) is 5.92 Å². The zero-order valence-corrected chi connectivity index (χ0v) is 6.65. The smallest absolute Gasteiger partial charge is 0.106 e. The van der Waals surface area contributed by atoms with E-state index in [2.05, 4.69) is 0 Å². The van der Waals surface area contributed by atoms with E-state index in [0.29, 0.717) is 0 Å². The fourth-order valence-electron chi connectivity index (χ4n) is 0.680. The second-order valence-corrected chi connectivity index (χ2v) is 2.97. The van der Waals surface area contributed by atoms with Crippen molar-refractivity contribution in [3.8, 4) is 0 Å². The molecule has 0 aliphatic rings. The molecule has 3 N–H and O–H groups in total. The highest BCUT2D eigenvalue weighted by Crippen LogP contribution is 2.08. The Hall–Kier alpha value is -0.120. The van der Waals surface area contributed by atoms with Crippen molar-refractivity contribution in [3.63, 3.8) is 0 Å². The van der Waals surface area contributed by atoms with Crippen LogP contribution in [-0.4, -0.2) is 33.6 Å². The van der Waals surface area contributed by atoms with Crippen LogP contribution in [0.3, 0.4) is 0 Å². The van der Waals surface area contributed by atoms with Gasteiger partial charge in [-0.3, -0.25) is 0 Å². The summed E-state index contributed by atoms with van der Waals surface area (Å²) in [5.41, 5.74) is 0. The fraction of sp³-hybridized carbons (Fsp3) is 1.00. The summed E-state index contributed by atoms with van der Waals surface area (Å²) in [6.07, 6.45) is -2.72. The second kappa shape index (κ2) is 3.91. The summed E-state index contributed by atoms with van der Waals surface area (Å²) >= 11 is 0. The van der Waals surface area contributed by atoms with Crippen LogP contribution >= 0.6 is 0 Å². The molecule has 0 amide bonds. The number of hydrogen-bond donors (Lipinski definition) is 3. The highest BCUT2D eigenvalue weighted by molar-refractivity contribution is 4.74. The van der Waals surface area contributed by atoms with E-state index in [0.717, 1.165) is 0 Å². The van der Waals surface area contributed by atoms with Crippen molar-refractivity contribution in [1.82, 2.24) is 0 Å². The van der Waals surface area contributed by atoms with Gasteiger partial charge in [0.1, 0.15) is 6.10 Å². The summed E-state index contributed by atoms with van der Waals surface area (Å²) in [6.45, 7) is 5.03. The molecular formula is C7H16O3. The molecule has 3 nitrogen and oxygen atoms in total. The first kappa shape index (κ1) is 9.88. The molecule has 0 aromatic carbocycles. The Morgan fingerprint density at radius 2 is 1.20 bits per heavy atom. The SMILES string of the molecule is CC(C)[C@H](O)[C@@H](O)C(C)O. The minimum atomic E-state index is -1.03. The highest BCUT2D eigenvalue weighted by atomic mass is 16.4. The molecule has 0 radical (unpaired) electrons. The van der Waals surface area contributed by atoms with Crippen LogP contribution in [0.5, 0.6) is 0 Å². The molecule has 0 aromatic heterocycles.